The Morgan fingerprint density at radius 2 is 2.00 bits per heavy atom. The van der Waals surface area contributed by atoms with E-state index in [4.69, 9.17) is 22.7 Å². The van der Waals surface area contributed by atoms with Gasteiger partial charge in [-0.1, -0.05) is 43.4 Å². The van der Waals surface area contributed by atoms with Crippen LogP contribution in [0.25, 0.3) is 0 Å². The van der Waals surface area contributed by atoms with E-state index in [2.05, 4.69) is 30.9 Å². The summed E-state index contributed by atoms with van der Waals surface area (Å²) in [5.41, 5.74) is 7.80. The average Bonchev–Trinajstić information content (AvgIpc) is 2.43. The monoisotopic (exact) mass is 280 g/mol. The van der Waals surface area contributed by atoms with Gasteiger partial charge in [0.2, 0.25) is 0 Å². The Kier molecular flexibility index (Phi) is 6.99. The third-order valence-corrected chi connectivity index (χ3v) is 3.66. The molecule has 0 aliphatic heterocycles. The molecule has 0 spiro atoms. The molecule has 0 aliphatic carbocycles. The fraction of sp³-hybridized carbons (Fsp3) is 0.533. The maximum atomic E-state index is 5.61. The molecule has 0 saturated heterocycles. The van der Waals surface area contributed by atoms with Crippen LogP contribution in [0.4, 0.5) is 0 Å². The van der Waals surface area contributed by atoms with Gasteiger partial charge in [0.15, 0.2) is 0 Å². The van der Waals surface area contributed by atoms with Crippen LogP contribution in [0.1, 0.15) is 31.4 Å². The fourth-order valence-corrected chi connectivity index (χ4v) is 2.07. The average molecular weight is 280 g/mol. The van der Waals surface area contributed by atoms with Gasteiger partial charge in [0.25, 0.3) is 0 Å². The lowest BCUT2D eigenvalue weighted by atomic mass is 10.1. The van der Waals surface area contributed by atoms with E-state index in [1.165, 1.54) is 5.56 Å². The molecule has 3 nitrogen and oxygen atoms in total. The van der Waals surface area contributed by atoms with E-state index in [-0.39, 0.29) is 0 Å². The number of benzene rings is 1. The molecule has 0 radical (unpaired) electrons. The van der Waals surface area contributed by atoms with Crippen LogP contribution >= 0.6 is 12.2 Å². The summed E-state index contributed by atoms with van der Waals surface area (Å²) in [4.78, 5) is 2.88. The smallest absolute Gasteiger partial charge is 0.103 e. The van der Waals surface area contributed by atoms with Gasteiger partial charge in [-0.3, -0.25) is 4.90 Å². The van der Waals surface area contributed by atoms with Gasteiger partial charge in [0.05, 0.1) is 6.61 Å². The summed E-state index contributed by atoms with van der Waals surface area (Å²) in [5.74, 6) is 0. The Balaban J connectivity index is 2.69. The molecule has 1 unspecified atom stereocenters. The molecular formula is C15H24N2OS. The summed E-state index contributed by atoms with van der Waals surface area (Å²) in [5, 5.41) is 0. The topological polar surface area (TPSA) is 38.5 Å². The first-order valence-electron chi connectivity index (χ1n) is 6.70. The Morgan fingerprint density at radius 1 is 1.37 bits per heavy atom. The number of nitrogens with two attached hydrogens (primary N) is 1. The number of ether oxygens (including phenoxy) is 1. The molecule has 0 aliphatic rings. The molecule has 19 heavy (non-hydrogen) atoms. The lowest BCUT2D eigenvalue weighted by Gasteiger charge is -2.28. The van der Waals surface area contributed by atoms with Crippen LogP contribution in [0.15, 0.2) is 24.3 Å². The van der Waals surface area contributed by atoms with Crippen LogP contribution in [0.3, 0.4) is 0 Å². The highest BCUT2D eigenvalue weighted by molar-refractivity contribution is 7.80. The molecule has 2 N–H and O–H groups in total. The van der Waals surface area contributed by atoms with E-state index in [1.54, 1.807) is 7.11 Å². The minimum atomic E-state index is 0.449. The van der Waals surface area contributed by atoms with Gasteiger partial charge in [-0.2, -0.15) is 0 Å². The van der Waals surface area contributed by atoms with Crippen LogP contribution in [-0.2, 0) is 11.3 Å². The zero-order valence-corrected chi connectivity index (χ0v) is 12.9. The first-order chi connectivity index (χ1) is 9.08. The van der Waals surface area contributed by atoms with Crippen molar-refractivity contribution >= 4 is 17.2 Å². The highest BCUT2D eigenvalue weighted by Gasteiger charge is 2.12. The predicted octanol–water partition coefficient (Wildman–Crippen LogP) is 2.57. The van der Waals surface area contributed by atoms with Crippen molar-refractivity contribution in [2.45, 2.75) is 32.9 Å². The first-order valence-corrected chi connectivity index (χ1v) is 7.11. The van der Waals surface area contributed by atoms with Crippen molar-refractivity contribution in [1.29, 1.82) is 0 Å². The van der Waals surface area contributed by atoms with Gasteiger partial charge in [0.1, 0.15) is 4.99 Å². The fourth-order valence-electron chi connectivity index (χ4n) is 1.93. The number of thiocarbonyl (C=S) groups is 1. The lowest BCUT2D eigenvalue weighted by molar-refractivity contribution is 0.118. The quantitative estimate of drug-likeness (QED) is 0.743. The molecule has 1 rings (SSSR count). The largest absolute Gasteiger partial charge is 0.389 e. The third kappa shape index (κ3) is 5.27. The third-order valence-electron chi connectivity index (χ3n) is 3.42. The zero-order chi connectivity index (χ0) is 14.3. The Morgan fingerprint density at radius 3 is 2.47 bits per heavy atom. The number of rotatable bonds is 8. The number of nitrogens with zero attached hydrogens (tertiary/aromatic N) is 1. The minimum absolute atomic E-state index is 0.449. The second kappa shape index (κ2) is 8.25. The normalized spacial score (nSPS) is 12.6. The van der Waals surface area contributed by atoms with Crippen LogP contribution in [0.5, 0.6) is 0 Å². The van der Waals surface area contributed by atoms with Crippen molar-refractivity contribution in [2.24, 2.45) is 5.73 Å². The molecule has 0 amide bonds. The zero-order valence-electron chi connectivity index (χ0n) is 12.1. The van der Waals surface area contributed by atoms with E-state index in [0.29, 0.717) is 11.0 Å². The van der Waals surface area contributed by atoms with Gasteiger partial charge in [-0.05, 0) is 18.9 Å². The molecule has 4 heteroatoms. The number of hydrogen-bond donors (Lipinski definition) is 1. The SMILES string of the molecule is CCC(C)N(CCOC)Cc1ccc(C(N)=S)cc1. The van der Waals surface area contributed by atoms with E-state index in [1.807, 2.05) is 12.1 Å². The van der Waals surface area contributed by atoms with Gasteiger partial charge in [-0.15, -0.1) is 0 Å². The van der Waals surface area contributed by atoms with Crippen molar-refractivity contribution in [3.63, 3.8) is 0 Å². The van der Waals surface area contributed by atoms with E-state index >= 15 is 0 Å². The molecule has 0 heterocycles. The minimum Gasteiger partial charge on any atom is -0.389 e. The van der Waals surface area contributed by atoms with Gasteiger partial charge >= 0.3 is 0 Å². The van der Waals surface area contributed by atoms with Crippen LogP contribution in [-0.4, -0.2) is 36.2 Å². The van der Waals surface area contributed by atoms with Crippen molar-refractivity contribution in [2.75, 3.05) is 20.3 Å². The van der Waals surface area contributed by atoms with Crippen LogP contribution in [0.2, 0.25) is 0 Å². The highest BCUT2D eigenvalue weighted by atomic mass is 32.1. The maximum absolute atomic E-state index is 5.61. The van der Waals surface area contributed by atoms with Crippen molar-refractivity contribution in [1.82, 2.24) is 4.90 Å². The van der Waals surface area contributed by atoms with Crippen molar-refractivity contribution in [3.8, 4) is 0 Å². The molecule has 1 atom stereocenters. The molecule has 1 aromatic carbocycles. The summed E-state index contributed by atoms with van der Waals surface area (Å²) in [6, 6.07) is 8.71. The number of hydrogen-bond acceptors (Lipinski definition) is 3. The van der Waals surface area contributed by atoms with Crippen molar-refractivity contribution in [3.05, 3.63) is 35.4 Å². The summed E-state index contributed by atoms with van der Waals surface area (Å²) in [7, 11) is 1.74. The van der Waals surface area contributed by atoms with E-state index in [9.17, 15) is 0 Å². The first kappa shape index (κ1) is 16.1. The number of methoxy groups -OCH3 is 1. The Labute approximate surface area is 121 Å². The lowest BCUT2D eigenvalue weighted by Crippen LogP contribution is -2.34. The summed E-state index contributed by atoms with van der Waals surface area (Å²) >= 11 is 4.96. The van der Waals surface area contributed by atoms with Crippen molar-refractivity contribution < 1.29 is 4.74 Å². The molecule has 0 aromatic heterocycles. The highest BCUT2D eigenvalue weighted by Crippen LogP contribution is 2.12. The molecule has 0 fully saturated rings. The van der Waals surface area contributed by atoms with Crippen LogP contribution in [0, 0.1) is 0 Å². The maximum Gasteiger partial charge on any atom is 0.103 e. The molecule has 106 valence electrons. The second-order valence-electron chi connectivity index (χ2n) is 4.78. The predicted molar refractivity (Wildman–Crippen MR) is 84.4 cm³/mol. The second-order valence-corrected chi connectivity index (χ2v) is 5.22. The summed E-state index contributed by atoms with van der Waals surface area (Å²) in [6.07, 6.45) is 1.13. The van der Waals surface area contributed by atoms with E-state index < -0.39 is 0 Å². The Bertz CT molecular complexity index is 392. The molecular weight excluding hydrogens is 256 g/mol. The summed E-state index contributed by atoms with van der Waals surface area (Å²) < 4.78 is 5.18. The molecule has 1 aromatic rings. The van der Waals surface area contributed by atoms with Crippen LogP contribution < -0.4 is 5.73 Å². The standard InChI is InChI=1S/C15H24N2OS/c1-4-12(2)17(9-10-18-3)11-13-5-7-14(8-6-13)15(16)19/h5-8,12H,4,9-11H2,1-3H3,(H2,16,19). The van der Waals surface area contributed by atoms with Gasteiger partial charge < -0.3 is 10.5 Å². The summed E-state index contributed by atoms with van der Waals surface area (Å²) in [6.45, 7) is 7.09. The van der Waals surface area contributed by atoms with Gasteiger partial charge in [0, 0.05) is 31.8 Å². The van der Waals surface area contributed by atoms with E-state index in [0.717, 1.165) is 31.7 Å². The van der Waals surface area contributed by atoms with Gasteiger partial charge in [-0.25, -0.2) is 0 Å². The molecule has 0 bridgehead atoms. The Hall–Kier alpha value is -0.970. The molecule has 0 saturated carbocycles.